The number of pyridine rings is 3. The Morgan fingerprint density at radius 3 is 2.69 bits per heavy atom. The molecule has 0 fully saturated rings. The molecule has 0 saturated carbocycles. The normalized spacial score (nSPS) is 12.3. The van der Waals surface area contributed by atoms with E-state index in [4.69, 9.17) is 4.98 Å². The largest absolute Gasteiger partial charge is 0.338 e. The van der Waals surface area contributed by atoms with Crippen LogP contribution in [-0.2, 0) is 6.42 Å². The highest BCUT2D eigenvalue weighted by molar-refractivity contribution is 5.98. The molecule has 6 rings (SSSR count). The fourth-order valence-electron chi connectivity index (χ4n) is 4.85. The van der Waals surface area contributed by atoms with Crippen molar-refractivity contribution in [3.63, 3.8) is 0 Å². The molecule has 0 saturated heterocycles. The lowest BCUT2D eigenvalue weighted by molar-refractivity contribution is 0.966. The fraction of sp³-hybridized carbons (Fsp3) is 0.0909. The highest BCUT2D eigenvalue weighted by Gasteiger charge is 2.16. The summed E-state index contributed by atoms with van der Waals surface area (Å²) in [6.07, 6.45) is 13.5. The third-order valence-corrected chi connectivity index (χ3v) is 6.92. The molecular weight excluding hydrogens is 480 g/mol. The predicted molar refractivity (Wildman–Crippen MR) is 159 cm³/mol. The lowest BCUT2D eigenvalue weighted by atomic mass is 10.0. The number of aromatic amines is 2. The van der Waals surface area contributed by atoms with Gasteiger partial charge in [-0.15, -0.1) is 0 Å². The van der Waals surface area contributed by atoms with E-state index in [1.807, 2.05) is 55.7 Å². The number of nitrogens with zero attached hydrogens (tertiary/aromatic N) is 4. The molecule has 6 heteroatoms. The van der Waals surface area contributed by atoms with E-state index in [-0.39, 0.29) is 0 Å². The Bertz CT molecular complexity index is 1820. The van der Waals surface area contributed by atoms with Crippen molar-refractivity contribution in [1.82, 2.24) is 30.1 Å². The van der Waals surface area contributed by atoms with E-state index >= 15 is 0 Å². The Morgan fingerprint density at radius 2 is 1.90 bits per heavy atom. The van der Waals surface area contributed by atoms with Crippen molar-refractivity contribution in [2.45, 2.75) is 19.8 Å². The van der Waals surface area contributed by atoms with Crippen molar-refractivity contribution >= 4 is 27.6 Å². The lowest BCUT2D eigenvalue weighted by Crippen LogP contribution is -1.92. The van der Waals surface area contributed by atoms with Crippen LogP contribution in [0, 0.1) is 0 Å². The zero-order valence-corrected chi connectivity index (χ0v) is 21.7. The second-order valence-electron chi connectivity index (χ2n) is 9.36. The second kappa shape index (κ2) is 10.7. The molecule has 39 heavy (non-hydrogen) atoms. The van der Waals surface area contributed by atoms with Gasteiger partial charge in [0.25, 0.3) is 0 Å². The molecule has 5 heterocycles. The van der Waals surface area contributed by atoms with E-state index in [0.29, 0.717) is 0 Å². The molecule has 0 radical (unpaired) electrons. The molecule has 1 aromatic carbocycles. The topological polar surface area (TPSA) is 83.1 Å². The van der Waals surface area contributed by atoms with Crippen molar-refractivity contribution in [1.29, 1.82) is 0 Å². The van der Waals surface area contributed by atoms with E-state index in [1.54, 1.807) is 6.20 Å². The van der Waals surface area contributed by atoms with Crippen LogP contribution >= 0.6 is 0 Å². The van der Waals surface area contributed by atoms with Crippen LogP contribution in [0.4, 0.5) is 0 Å². The van der Waals surface area contributed by atoms with E-state index in [1.165, 1.54) is 11.1 Å². The van der Waals surface area contributed by atoms with Crippen molar-refractivity contribution < 1.29 is 0 Å². The fourth-order valence-corrected chi connectivity index (χ4v) is 4.85. The molecule has 6 nitrogen and oxygen atoms in total. The number of H-pyrrole nitrogens is 2. The molecule has 0 bridgehead atoms. The Hall–Kier alpha value is -5.10. The van der Waals surface area contributed by atoms with Crippen molar-refractivity contribution in [2.24, 2.45) is 0 Å². The van der Waals surface area contributed by atoms with Crippen LogP contribution in [0.1, 0.15) is 24.6 Å². The van der Waals surface area contributed by atoms with E-state index in [9.17, 15) is 0 Å². The van der Waals surface area contributed by atoms with Gasteiger partial charge < -0.3 is 4.98 Å². The number of hydrogen-bond donors (Lipinski definition) is 2. The van der Waals surface area contributed by atoms with Crippen LogP contribution in [0.3, 0.4) is 0 Å². The van der Waals surface area contributed by atoms with E-state index < -0.39 is 0 Å². The summed E-state index contributed by atoms with van der Waals surface area (Å²) in [6, 6.07) is 22.7. The molecule has 0 aliphatic rings. The maximum Gasteiger partial charge on any atom is 0.138 e. The van der Waals surface area contributed by atoms with Crippen molar-refractivity contribution in [3.8, 4) is 22.5 Å². The van der Waals surface area contributed by atoms with Crippen molar-refractivity contribution in [3.05, 3.63) is 127 Å². The standard InChI is InChI=1S/C33H28N6/c1-3-22(12-13-23-9-6-5-7-10-23)19-24(4-2)28-14-15-29-31(36-28)32(39-38-29)30-20-27-26(16-18-35-33(27)37-30)25-11-8-17-34-21-25/h3-11,14-21H,1,12-13H2,2H3,(H,35,37)(H,38,39)/b22-19+,24-4+. The van der Waals surface area contributed by atoms with Gasteiger partial charge in [-0.2, -0.15) is 5.10 Å². The van der Waals surface area contributed by atoms with Crippen molar-refractivity contribution in [2.75, 3.05) is 0 Å². The molecule has 0 amide bonds. The SMILES string of the molecule is C=C/C(=C\C(=C/C)c1ccc2[nH]nc(-c3cc4c(-c5cccnc5)ccnc4[nH]3)c2n1)CCc1ccccc1. The summed E-state index contributed by atoms with van der Waals surface area (Å²) in [6.45, 7) is 6.09. The molecule has 6 aromatic rings. The van der Waals surface area contributed by atoms with Gasteiger partial charge in [-0.05, 0) is 78.4 Å². The number of benzene rings is 1. The number of aromatic nitrogens is 6. The van der Waals surface area contributed by atoms with Gasteiger partial charge in [-0.25, -0.2) is 9.97 Å². The second-order valence-corrected chi connectivity index (χ2v) is 9.36. The minimum Gasteiger partial charge on any atom is -0.338 e. The molecule has 0 spiro atoms. The lowest BCUT2D eigenvalue weighted by Gasteiger charge is -2.07. The minimum absolute atomic E-state index is 0.759. The Kier molecular flexibility index (Phi) is 6.66. The average molecular weight is 509 g/mol. The first-order chi connectivity index (χ1) is 19.2. The van der Waals surface area contributed by atoms with Gasteiger partial charge in [0.05, 0.1) is 16.9 Å². The molecular formula is C33H28N6. The van der Waals surface area contributed by atoms with Crippen LogP contribution in [-0.4, -0.2) is 30.1 Å². The van der Waals surface area contributed by atoms with Crippen LogP contribution in [0.25, 0.3) is 50.2 Å². The van der Waals surface area contributed by atoms with Crippen LogP contribution < -0.4 is 0 Å². The quantitative estimate of drug-likeness (QED) is 0.206. The van der Waals surface area contributed by atoms with Crippen LogP contribution in [0.15, 0.2) is 116 Å². The minimum atomic E-state index is 0.759. The number of fused-ring (bicyclic) bond motifs is 2. The Morgan fingerprint density at radius 1 is 1.00 bits per heavy atom. The van der Waals surface area contributed by atoms with E-state index in [2.05, 4.69) is 80.3 Å². The summed E-state index contributed by atoms with van der Waals surface area (Å²) < 4.78 is 0. The Balaban J connectivity index is 1.35. The first kappa shape index (κ1) is 24.2. The first-order valence-electron chi connectivity index (χ1n) is 13.0. The molecule has 0 aliphatic carbocycles. The third kappa shape index (κ3) is 4.92. The maximum atomic E-state index is 5.05. The Labute approximate surface area is 226 Å². The number of allylic oxidation sites excluding steroid dienone is 5. The predicted octanol–water partition coefficient (Wildman–Crippen LogP) is 7.71. The van der Waals surface area contributed by atoms with Gasteiger partial charge in [0.1, 0.15) is 16.9 Å². The monoisotopic (exact) mass is 508 g/mol. The molecule has 0 aliphatic heterocycles. The highest BCUT2D eigenvalue weighted by Crippen LogP contribution is 2.33. The summed E-state index contributed by atoms with van der Waals surface area (Å²) in [7, 11) is 0. The zero-order valence-electron chi connectivity index (χ0n) is 21.7. The smallest absolute Gasteiger partial charge is 0.138 e. The summed E-state index contributed by atoms with van der Waals surface area (Å²) >= 11 is 0. The van der Waals surface area contributed by atoms with Gasteiger partial charge in [0, 0.05) is 29.5 Å². The molecule has 190 valence electrons. The molecule has 2 N–H and O–H groups in total. The number of nitrogens with one attached hydrogen (secondary N) is 2. The average Bonchev–Trinajstić information content (AvgIpc) is 3.62. The number of aryl methyl sites for hydroxylation is 1. The summed E-state index contributed by atoms with van der Waals surface area (Å²) in [5.41, 5.74) is 10.6. The van der Waals surface area contributed by atoms with Gasteiger partial charge in [0.2, 0.25) is 0 Å². The summed E-state index contributed by atoms with van der Waals surface area (Å²) in [4.78, 5) is 17.3. The number of hydrogen-bond acceptors (Lipinski definition) is 4. The molecule has 5 aromatic heterocycles. The van der Waals surface area contributed by atoms with Gasteiger partial charge in [-0.3, -0.25) is 10.1 Å². The van der Waals surface area contributed by atoms with Gasteiger partial charge in [0.15, 0.2) is 0 Å². The van der Waals surface area contributed by atoms with Gasteiger partial charge in [-0.1, -0.05) is 55.1 Å². The van der Waals surface area contributed by atoms with E-state index in [0.717, 1.165) is 68.7 Å². The summed E-state index contributed by atoms with van der Waals surface area (Å²) in [5, 5.41) is 8.77. The first-order valence-corrected chi connectivity index (χ1v) is 13.0. The third-order valence-electron chi connectivity index (χ3n) is 6.92. The molecule has 0 unspecified atom stereocenters. The highest BCUT2D eigenvalue weighted by atomic mass is 15.1. The summed E-state index contributed by atoms with van der Waals surface area (Å²) in [5.74, 6) is 0. The molecule has 0 atom stereocenters. The van der Waals surface area contributed by atoms with Gasteiger partial charge >= 0.3 is 0 Å². The zero-order chi connectivity index (χ0) is 26.6. The number of rotatable bonds is 8. The van der Waals surface area contributed by atoms with Crippen LogP contribution in [0.5, 0.6) is 0 Å². The van der Waals surface area contributed by atoms with Crippen LogP contribution in [0.2, 0.25) is 0 Å². The maximum absolute atomic E-state index is 5.05.